The van der Waals surface area contributed by atoms with Gasteiger partial charge in [-0.25, -0.2) is 24.9 Å². The molecule has 1 fully saturated rings. The summed E-state index contributed by atoms with van der Waals surface area (Å²) in [6.45, 7) is 3.79. The summed E-state index contributed by atoms with van der Waals surface area (Å²) in [5, 5.41) is 0. The van der Waals surface area contributed by atoms with Crippen LogP contribution < -0.4 is 14.5 Å². The molecule has 212 valence electrons. The van der Waals surface area contributed by atoms with E-state index >= 15 is 0 Å². The second-order valence-electron chi connectivity index (χ2n) is 10.4. The minimum absolute atomic E-state index is 0.0808. The van der Waals surface area contributed by atoms with E-state index in [2.05, 4.69) is 19.9 Å². The number of rotatable bonds is 8. The number of likely N-dealkylation sites (N-methyl/N-ethyl adjacent to an activating group) is 1. The van der Waals surface area contributed by atoms with Gasteiger partial charge in [0.1, 0.15) is 29.1 Å². The Kier molecular flexibility index (Phi) is 6.63. The third-order valence-electron chi connectivity index (χ3n) is 7.49. The molecule has 0 unspecified atom stereocenters. The van der Waals surface area contributed by atoms with Crippen molar-refractivity contribution in [3.8, 4) is 28.7 Å². The summed E-state index contributed by atoms with van der Waals surface area (Å²) in [7, 11) is 3.27. The molecule has 4 aromatic rings. The lowest BCUT2D eigenvalue weighted by Gasteiger charge is -2.34. The Bertz CT molecular complexity index is 1610. The van der Waals surface area contributed by atoms with Gasteiger partial charge in [0, 0.05) is 44.7 Å². The number of hydrogen-bond donors (Lipinski definition) is 0. The molecule has 1 aromatic carbocycles. The first kappa shape index (κ1) is 26.7. The van der Waals surface area contributed by atoms with Crippen LogP contribution in [0.2, 0.25) is 0 Å². The summed E-state index contributed by atoms with van der Waals surface area (Å²) in [4.78, 5) is 38.9. The van der Waals surface area contributed by atoms with Crippen LogP contribution in [0.1, 0.15) is 49.6 Å². The number of fused-ring (bicyclic) bond motifs is 1. The maximum atomic E-state index is 13.9. The van der Waals surface area contributed by atoms with E-state index in [9.17, 15) is 13.6 Å². The van der Waals surface area contributed by atoms with Gasteiger partial charge in [-0.1, -0.05) is 24.3 Å². The van der Waals surface area contributed by atoms with Gasteiger partial charge in [-0.3, -0.25) is 4.79 Å². The van der Waals surface area contributed by atoms with Crippen LogP contribution in [0.3, 0.4) is 0 Å². The topological polar surface area (TPSA) is 102 Å². The van der Waals surface area contributed by atoms with Crippen molar-refractivity contribution >= 4 is 17.4 Å². The SMILES string of the molecule is CCn1cc(C(C)(F)F)nc1-c1ccc(CN2CC(=O)N(C)c3cnc(-c4c(OC)ncnc4C4CC4)nc32)cc1. The highest BCUT2D eigenvalue weighted by Gasteiger charge is 2.34. The zero-order chi connectivity index (χ0) is 28.9. The van der Waals surface area contributed by atoms with Crippen LogP contribution in [0.5, 0.6) is 5.88 Å². The summed E-state index contributed by atoms with van der Waals surface area (Å²) >= 11 is 0. The lowest BCUT2D eigenvalue weighted by molar-refractivity contribution is -0.117. The molecular formula is C29H30F2N8O2. The molecule has 41 heavy (non-hydrogen) atoms. The first-order valence-electron chi connectivity index (χ1n) is 13.5. The number of methoxy groups -OCH3 is 1. The van der Waals surface area contributed by atoms with E-state index in [0.717, 1.165) is 36.6 Å². The molecule has 0 atom stereocenters. The number of hydrogen-bond acceptors (Lipinski definition) is 8. The molecule has 4 heterocycles. The lowest BCUT2D eigenvalue weighted by Crippen LogP contribution is -2.44. The highest BCUT2D eigenvalue weighted by Crippen LogP contribution is 2.45. The second kappa shape index (κ2) is 10.2. The third kappa shape index (κ3) is 4.98. The van der Waals surface area contributed by atoms with E-state index in [1.54, 1.807) is 29.8 Å². The first-order chi connectivity index (χ1) is 19.7. The maximum absolute atomic E-state index is 13.9. The number of alkyl halides is 2. The molecule has 0 radical (unpaired) electrons. The van der Waals surface area contributed by atoms with E-state index in [1.807, 2.05) is 36.1 Å². The number of nitrogens with zero attached hydrogens (tertiary/aromatic N) is 8. The molecule has 0 saturated heterocycles. The Balaban J connectivity index is 1.33. The Morgan fingerprint density at radius 3 is 2.51 bits per heavy atom. The number of carbonyl (C=O) groups is 1. The molecule has 1 amide bonds. The molecule has 6 rings (SSSR count). The number of benzene rings is 1. The van der Waals surface area contributed by atoms with Crippen LogP contribution in [0.15, 0.2) is 43.0 Å². The van der Waals surface area contributed by atoms with Crippen LogP contribution >= 0.6 is 0 Å². The minimum Gasteiger partial charge on any atom is -0.480 e. The Labute approximate surface area is 236 Å². The normalized spacial score (nSPS) is 15.3. The van der Waals surface area contributed by atoms with Gasteiger partial charge >= 0.3 is 0 Å². The van der Waals surface area contributed by atoms with Crippen molar-refractivity contribution in [2.75, 3.05) is 30.5 Å². The molecular weight excluding hydrogens is 530 g/mol. The van der Waals surface area contributed by atoms with Crippen LogP contribution in [0.4, 0.5) is 20.3 Å². The number of aromatic nitrogens is 6. The zero-order valence-corrected chi connectivity index (χ0v) is 23.3. The highest BCUT2D eigenvalue weighted by atomic mass is 19.3. The number of ether oxygens (including phenoxy) is 1. The Hall–Kier alpha value is -4.48. The van der Waals surface area contributed by atoms with Gasteiger partial charge in [-0.2, -0.15) is 8.78 Å². The molecule has 10 nitrogen and oxygen atoms in total. The summed E-state index contributed by atoms with van der Waals surface area (Å²) in [5.74, 6) is -0.818. The number of amides is 1. The molecule has 0 spiro atoms. The monoisotopic (exact) mass is 560 g/mol. The molecule has 2 aliphatic rings. The summed E-state index contributed by atoms with van der Waals surface area (Å²) in [6, 6.07) is 7.55. The third-order valence-corrected chi connectivity index (χ3v) is 7.49. The largest absolute Gasteiger partial charge is 0.480 e. The molecule has 1 saturated carbocycles. The van der Waals surface area contributed by atoms with E-state index < -0.39 is 5.92 Å². The fourth-order valence-electron chi connectivity index (χ4n) is 5.06. The summed E-state index contributed by atoms with van der Waals surface area (Å²) in [5.41, 5.74) is 3.54. The van der Waals surface area contributed by atoms with Crippen LogP contribution in [0, 0.1) is 0 Å². The number of aryl methyl sites for hydroxylation is 1. The van der Waals surface area contributed by atoms with Crippen molar-refractivity contribution in [2.45, 2.75) is 51.6 Å². The number of halogens is 2. The Morgan fingerprint density at radius 1 is 1.10 bits per heavy atom. The summed E-state index contributed by atoms with van der Waals surface area (Å²) < 4.78 is 35.1. The van der Waals surface area contributed by atoms with E-state index in [-0.39, 0.29) is 18.1 Å². The van der Waals surface area contributed by atoms with Gasteiger partial charge in [0.15, 0.2) is 11.6 Å². The molecule has 12 heteroatoms. The van der Waals surface area contributed by atoms with Gasteiger partial charge < -0.3 is 19.1 Å². The van der Waals surface area contributed by atoms with E-state index in [1.165, 1.54) is 12.5 Å². The predicted octanol–water partition coefficient (Wildman–Crippen LogP) is 4.80. The number of carbonyl (C=O) groups excluding carboxylic acids is 1. The van der Waals surface area contributed by atoms with Gasteiger partial charge in [0.25, 0.3) is 5.92 Å². The van der Waals surface area contributed by atoms with Crippen LogP contribution in [-0.2, 0) is 23.8 Å². The predicted molar refractivity (Wildman–Crippen MR) is 149 cm³/mol. The Morgan fingerprint density at radius 2 is 1.85 bits per heavy atom. The van der Waals surface area contributed by atoms with Crippen LogP contribution in [0.25, 0.3) is 22.8 Å². The number of anilines is 2. The van der Waals surface area contributed by atoms with Crippen molar-refractivity contribution in [2.24, 2.45) is 0 Å². The van der Waals surface area contributed by atoms with Gasteiger partial charge in [0.2, 0.25) is 11.8 Å². The number of imidazole rings is 1. The average molecular weight is 561 g/mol. The van der Waals surface area contributed by atoms with Gasteiger partial charge in [-0.15, -0.1) is 0 Å². The fourth-order valence-corrected chi connectivity index (χ4v) is 5.06. The van der Waals surface area contributed by atoms with Gasteiger partial charge in [-0.05, 0) is 25.3 Å². The molecule has 1 aliphatic carbocycles. The zero-order valence-electron chi connectivity index (χ0n) is 23.3. The summed E-state index contributed by atoms with van der Waals surface area (Å²) in [6.07, 6.45) is 6.63. The van der Waals surface area contributed by atoms with Crippen LogP contribution in [-0.4, -0.2) is 56.1 Å². The fraction of sp³-hybridized carbons (Fsp3) is 0.379. The highest BCUT2D eigenvalue weighted by molar-refractivity contribution is 6.02. The van der Waals surface area contributed by atoms with Crippen molar-refractivity contribution in [3.05, 3.63) is 59.9 Å². The standard InChI is InChI=1S/C29H30F2N8O2/c1-5-38-14-21(29(2,30)31)35-26(38)19-8-6-17(7-9-19)13-39-15-22(40)37(3)20-12-32-25(36-27(20)39)23-24(18-10-11-18)33-16-34-28(23)41-4/h6-9,12,14,16,18H,5,10-11,13,15H2,1-4H3. The van der Waals surface area contributed by atoms with Crippen molar-refractivity contribution in [1.82, 2.24) is 29.5 Å². The maximum Gasteiger partial charge on any atom is 0.288 e. The first-order valence-corrected chi connectivity index (χ1v) is 13.5. The molecule has 0 bridgehead atoms. The van der Waals surface area contributed by atoms with E-state index in [0.29, 0.717) is 53.6 Å². The molecule has 3 aromatic heterocycles. The lowest BCUT2D eigenvalue weighted by atomic mass is 10.1. The smallest absolute Gasteiger partial charge is 0.288 e. The average Bonchev–Trinajstić information content (AvgIpc) is 3.72. The quantitative estimate of drug-likeness (QED) is 0.303. The van der Waals surface area contributed by atoms with Gasteiger partial charge in [0.05, 0.1) is 25.5 Å². The minimum atomic E-state index is -3.02. The second-order valence-corrected chi connectivity index (χ2v) is 10.4. The molecule has 0 N–H and O–H groups in total. The van der Waals surface area contributed by atoms with Crippen molar-refractivity contribution < 1.29 is 18.3 Å². The van der Waals surface area contributed by atoms with Crippen molar-refractivity contribution in [1.29, 1.82) is 0 Å². The van der Waals surface area contributed by atoms with E-state index in [4.69, 9.17) is 9.72 Å². The van der Waals surface area contributed by atoms with Crippen molar-refractivity contribution in [3.63, 3.8) is 0 Å². The molecule has 1 aliphatic heterocycles.